The molecule has 1 aliphatic rings. The Kier molecular flexibility index (Phi) is 3.55. The van der Waals surface area contributed by atoms with Crippen LogP contribution >= 0.6 is 11.6 Å². The summed E-state index contributed by atoms with van der Waals surface area (Å²) in [5.74, 6) is -0.854. The third-order valence-electron chi connectivity index (χ3n) is 3.78. The molecule has 1 aliphatic heterocycles. The molecule has 0 atom stereocenters. The quantitative estimate of drug-likeness (QED) is 0.822. The van der Waals surface area contributed by atoms with Crippen molar-refractivity contribution < 1.29 is 9.18 Å². The number of amides is 1. The van der Waals surface area contributed by atoms with Crippen LogP contribution in [0.25, 0.3) is 0 Å². The van der Waals surface area contributed by atoms with E-state index < -0.39 is 5.82 Å². The van der Waals surface area contributed by atoms with E-state index in [9.17, 15) is 9.18 Å². The monoisotopic (exact) mass is 304 g/mol. The van der Waals surface area contributed by atoms with E-state index in [-0.39, 0.29) is 16.5 Å². The summed E-state index contributed by atoms with van der Waals surface area (Å²) in [7, 11) is 0. The van der Waals surface area contributed by atoms with Crippen LogP contribution in [0.1, 0.15) is 21.5 Å². The number of carbonyl (C=O) groups is 1. The van der Waals surface area contributed by atoms with Crippen LogP contribution in [-0.4, -0.2) is 17.4 Å². The summed E-state index contributed by atoms with van der Waals surface area (Å²) < 4.78 is 13.5. The Balaban J connectivity index is 1.91. The van der Waals surface area contributed by atoms with E-state index in [0.717, 1.165) is 17.5 Å². The first kappa shape index (κ1) is 13.9. The molecule has 3 rings (SSSR count). The van der Waals surface area contributed by atoms with Crippen molar-refractivity contribution in [2.24, 2.45) is 0 Å². The van der Waals surface area contributed by atoms with E-state index in [1.165, 1.54) is 18.2 Å². The molecule has 1 heterocycles. The number of fused-ring (bicyclic) bond motifs is 1. The lowest BCUT2D eigenvalue weighted by Crippen LogP contribution is -2.36. The highest BCUT2D eigenvalue weighted by molar-refractivity contribution is 6.34. The van der Waals surface area contributed by atoms with Crippen molar-refractivity contribution in [3.63, 3.8) is 0 Å². The smallest absolute Gasteiger partial charge is 0.255 e. The van der Waals surface area contributed by atoms with Crippen molar-refractivity contribution in [2.45, 2.75) is 13.0 Å². The zero-order valence-electron chi connectivity index (χ0n) is 11.3. The number of hydrogen-bond donors (Lipinski definition) is 1. The summed E-state index contributed by atoms with van der Waals surface area (Å²) in [5, 5.41) is -0.130. The van der Waals surface area contributed by atoms with Crippen molar-refractivity contribution in [2.75, 3.05) is 12.3 Å². The van der Waals surface area contributed by atoms with Gasteiger partial charge in [0.25, 0.3) is 5.91 Å². The predicted octanol–water partition coefficient (Wildman–Crippen LogP) is 3.26. The molecule has 0 saturated carbocycles. The molecule has 0 unspecified atom stereocenters. The van der Waals surface area contributed by atoms with E-state index in [1.54, 1.807) is 4.90 Å². The molecule has 0 spiro atoms. The predicted molar refractivity (Wildman–Crippen MR) is 80.7 cm³/mol. The average Bonchev–Trinajstić information content (AvgIpc) is 2.49. The van der Waals surface area contributed by atoms with Gasteiger partial charge in [-0.15, -0.1) is 0 Å². The van der Waals surface area contributed by atoms with Gasteiger partial charge >= 0.3 is 0 Å². The number of nitrogens with zero attached hydrogens (tertiary/aromatic N) is 1. The van der Waals surface area contributed by atoms with Crippen molar-refractivity contribution in [3.05, 3.63) is 63.9 Å². The SMILES string of the molecule is Nc1cccc2c1CN(C(=O)c1cccc(F)c1Cl)CC2. The van der Waals surface area contributed by atoms with Gasteiger partial charge in [0, 0.05) is 18.8 Å². The first-order valence-corrected chi connectivity index (χ1v) is 7.05. The topological polar surface area (TPSA) is 46.3 Å². The van der Waals surface area contributed by atoms with Crippen LogP contribution in [0.5, 0.6) is 0 Å². The van der Waals surface area contributed by atoms with Crippen LogP contribution in [0.2, 0.25) is 5.02 Å². The fourth-order valence-electron chi connectivity index (χ4n) is 2.62. The zero-order chi connectivity index (χ0) is 15.0. The molecule has 0 aromatic heterocycles. The van der Waals surface area contributed by atoms with Crippen LogP contribution in [0.3, 0.4) is 0 Å². The normalized spacial score (nSPS) is 13.9. The molecule has 0 fully saturated rings. The van der Waals surface area contributed by atoms with Crippen LogP contribution < -0.4 is 5.73 Å². The molecule has 1 amide bonds. The van der Waals surface area contributed by atoms with Crippen molar-refractivity contribution in [1.29, 1.82) is 0 Å². The molecule has 0 saturated heterocycles. The molecule has 108 valence electrons. The summed E-state index contributed by atoms with van der Waals surface area (Å²) in [6.45, 7) is 0.996. The van der Waals surface area contributed by atoms with E-state index in [4.69, 9.17) is 17.3 Å². The minimum absolute atomic E-state index is 0.130. The van der Waals surface area contributed by atoms with Gasteiger partial charge in [-0.25, -0.2) is 4.39 Å². The third-order valence-corrected chi connectivity index (χ3v) is 4.16. The van der Waals surface area contributed by atoms with Crippen LogP contribution in [0, 0.1) is 5.82 Å². The number of benzene rings is 2. The van der Waals surface area contributed by atoms with E-state index >= 15 is 0 Å². The number of nitrogen functional groups attached to an aromatic ring is 1. The van der Waals surface area contributed by atoms with Gasteiger partial charge in [-0.2, -0.15) is 0 Å². The number of halogens is 2. The van der Waals surface area contributed by atoms with Gasteiger partial charge in [0.1, 0.15) is 5.82 Å². The van der Waals surface area contributed by atoms with Gasteiger partial charge in [0.05, 0.1) is 10.6 Å². The van der Waals surface area contributed by atoms with Crippen LogP contribution in [0.15, 0.2) is 36.4 Å². The maximum atomic E-state index is 13.5. The lowest BCUT2D eigenvalue weighted by molar-refractivity contribution is 0.0735. The molecule has 0 radical (unpaired) electrons. The minimum atomic E-state index is -0.584. The first-order chi connectivity index (χ1) is 10.1. The summed E-state index contributed by atoms with van der Waals surface area (Å²) in [6.07, 6.45) is 0.735. The number of carbonyl (C=O) groups excluding carboxylic acids is 1. The van der Waals surface area contributed by atoms with E-state index in [0.29, 0.717) is 18.8 Å². The lowest BCUT2D eigenvalue weighted by Gasteiger charge is -2.30. The maximum absolute atomic E-state index is 13.5. The molecular weight excluding hydrogens is 291 g/mol. The van der Waals surface area contributed by atoms with Crippen LogP contribution in [0.4, 0.5) is 10.1 Å². The molecule has 5 heteroatoms. The fraction of sp³-hybridized carbons (Fsp3) is 0.188. The van der Waals surface area contributed by atoms with Gasteiger partial charge < -0.3 is 10.6 Å². The van der Waals surface area contributed by atoms with Gasteiger partial charge in [-0.1, -0.05) is 29.8 Å². The molecule has 0 bridgehead atoms. The fourth-order valence-corrected chi connectivity index (χ4v) is 2.83. The largest absolute Gasteiger partial charge is 0.398 e. The number of anilines is 1. The summed E-state index contributed by atoms with van der Waals surface area (Å²) >= 11 is 5.89. The Morgan fingerprint density at radius 1 is 1.24 bits per heavy atom. The van der Waals surface area contributed by atoms with E-state index in [1.807, 2.05) is 18.2 Å². The Labute approximate surface area is 127 Å². The highest BCUT2D eigenvalue weighted by Crippen LogP contribution is 2.27. The summed E-state index contributed by atoms with van der Waals surface area (Å²) in [4.78, 5) is 14.2. The Bertz CT molecular complexity index is 717. The highest BCUT2D eigenvalue weighted by atomic mass is 35.5. The maximum Gasteiger partial charge on any atom is 0.255 e. The molecule has 3 nitrogen and oxygen atoms in total. The van der Waals surface area contributed by atoms with Gasteiger partial charge in [0.15, 0.2) is 0 Å². The number of rotatable bonds is 1. The Morgan fingerprint density at radius 3 is 2.81 bits per heavy atom. The molecule has 2 aromatic rings. The number of nitrogens with two attached hydrogens (primary N) is 1. The van der Waals surface area contributed by atoms with Crippen LogP contribution in [-0.2, 0) is 13.0 Å². The van der Waals surface area contributed by atoms with Crippen molar-refractivity contribution in [3.8, 4) is 0 Å². The van der Waals surface area contributed by atoms with Crippen molar-refractivity contribution in [1.82, 2.24) is 4.90 Å². The number of hydrogen-bond acceptors (Lipinski definition) is 2. The minimum Gasteiger partial charge on any atom is -0.398 e. The standard InChI is InChI=1S/C16H14ClFN2O/c17-15-11(4-2-5-13(15)18)16(21)20-8-7-10-3-1-6-14(19)12(10)9-20/h1-6H,7-9,19H2. The second-order valence-corrected chi connectivity index (χ2v) is 5.44. The molecule has 2 N–H and O–H groups in total. The molecule has 2 aromatic carbocycles. The Hall–Kier alpha value is -2.07. The van der Waals surface area contributed by atoms with Gasteiger partial charge in [0.2, 0.25) is 0 Å². The Morgan fingerprint density at radius 2 is 2.00 bits per heavy atom. The van der Waals surface area contributed by atoms with E-state index in [2.05, 4.69) is 0 Å². The zero-order valence-corrected chi connectivity index (χ0v) is 12.0. The summed E-state index contributed by atoms with van der Waals surface area (Å²) in [5.41, 5.74) is 8.96. The van der Waals surface area contributed by atoms with Gasteiger partial charge in [-0.3, -0.25) is 4.79 Å². The lowest BCUT2D eigenvalue weighted by atomic mass is 9.97. The summed E-state index contributed by atoms with van der Waals surface area (Å²) in [6, 6.07) is 10.0. The van der Waals surface area contributed by atoms with Gasteiger partial charge in [-0.05, 0) is 35.7 Å². The average molecular weight is 305 g/mol. The second-order valence-electron chi connectivity index (χ2n) is 5.06. The molecule has 21 heavy (non-hydrogen) atoms. The second kappa shape index (κ2) is 5.37. The van der Waals surface area contributed by atoms with Crippen molar-refractivity contribution >= 4 is 23.2 Å². The third kappa shape index (κ3) is 2.47. The highest BCUT2D eigenvalue weighted by Gasteiger charge is 2.25. The first-order valence-electron chi connectivity index (χ1n) is 6.67. The molecular formula is C16H14ClFN2O. The molecule has 0 aliphatic carbocycles.